The largest absolute Gasteiger partial charge is 0.459 e. The molecule has 1 aromatic heterocycles. The van der Waals surface area contributed by atoms with Crippen LogP contribution in [-0.2, 0) is 14.3 Å². The van der Waals surface area contributed by atoms with Crippen molar-refractivity contribution in [2.45, 2.75) is 39.8 Å². The van der Waals surface area contributed by atoms with Gasteiger partial charge >= 0.3 is 5.97 Å². The number of nitrogens with one attached hydrogen (secondary N) is 2. The van der Waals surface area contributed by atoms with Gasteiger partial charge in [-0.05, 0) is 31.9 Å². The molecule has 7 heteroatoms. The summed E-state index contributed by atoms with van der Waals surface area (Å²) in [4.78, 5) is 35.7. The Labute approximate surface area is 129 Å². The zero-order valence-electron chi connectivity index (χ0n) is 13.2. The predicted molar refractivity (Wildman–Crippen MR) is 79.0 cm³/mol. The van der Waals surface area contributed by atoms with Gasteiger partial charge in [-0.25, -0.2) is 4.79 Å². The summed E-state index contributed by atoms with van der Waals surface area (Å²) in [5.74, 6) is -1.64. The minimum absolute atomic E-state index is 0.107. The molecule has 1 rings (SSSR count). The molecule has 0 aliphatic heterocycles. The second-order valence-electron chi connectivity index (χ2n) is 5.15. The maximum absolute atomic E-state index is 12.2. The highest BCUT2D eigenvalue weighted by atomic mass is 16.5. The van der Waals surface area contributed by atoms with E-state index < -0.39 is 24.0 Å². The SMILES string of the molecule is CCNC(=O)[C@H](C)OC(=O)[C@@H](NC(=O)c1ccco1)C(C)C. The van der Waals surface area contributed by atoms with E-state index in [4.69, 9.17) is 9.15 Å². The van der Waals surface area contributed by atoms with E-state index in [1.54, 1.807) is 26.8 Å². The molecule has 7 nitrogen and oxygen atoms in total. The number of hydrogen-bond acceptors (Lipinski definition) is 5. The molecule has 2 amide bonds. The zero-order valence-corrected chi connectivity index (χ0v) is 13.2. The smallest absolute Gasteiger partial charge is 0.329 e. The molecule has 0 fully saturated rings. The summed E-state index contributed by atoms with van der Waals surface area (Å²) in [6, 6.07) is 2.21. The minimum atomic E-state index is -0.922. The lowest BCUT2D eigenvalue weighted by Gasteiger charge is -2.22. The fourth-order valence-electron chi connectivity index (χ4n) is 1.74. The second-order valence-corrected chi connectivity index (χ2v) is 5.15. The first-order valence-electron chi connectivity index (χ1n) is 7.19. The highest BCUT2D eigenvalue weighted by Gasteiger charge is 2.29. The van der Waals surface area contributed by atoms with Crippen LogP contribution in [0, 0.1) is 5.92 Å². The molecule has 1 aromatic rings. The van der Waals surface area contributed by atoms with Crippen molar-refractivity contribution in [3.8, 4) is 0 Å². The molecule has 0 radical (unpaired) electrons. The molecule has 2 atom stereocenters. The van der Waals surface area contributed by atoms with E-state index in [-0.39, 0.29) is 17.6 Å². The lowest BCUT2D eigenvalue weighted by atomic mass is 10.0. The highest BCUT2D eigenvalue weighted by molar-refractivity contribution is 5.95. The van der Waals surface area contributed by atoms with Gasteiger partial charge in [0.05, 0.1) is 6.26 Å². The van der Waals surface area contributed by atoms with Crippen molar-refractivity contribution < 1.29 is 23.5 Å². The minimum Gasteiger partial charge on any atom is -0.459 e. The molecule has 0 aromatic carbocycles. The Morgan fingerprint density at radius 2 is 1.95 bits per heavy atom. The number of rotatable bonds is 7. The fraction of sp³-hybridized carbons (Fsp3) is 0.533. The van der Waals surface area contributed by atoms with Gasteiger partial charge in [0.2, 0.25) is 0 Å². The summed E-state index contributed by atoms with van der Waals surface area (Å²) in [5.41, 5.74) is 0. The molecular weight excluding hydrogens is 288 g/mol. The quantitative estimate of drug-likeness (QED) is 0.735. The molecule has 0 saturated carbocycles. The molecule has 0 spiro atoms. The van der Waals surface area contributed by atoms with Gasteiger partial charge in [-0.1, -0.05) is 13.8 Å². The number of hydrogen-bond donors (Lipinski definition) is 2. The molecule has 0 aliphatic rings. The van der Waals surface area contributed by atoms with Crippen molar-refractivity contribution >= 4 is 17.8 Å². The van der Waals surface area contributed by atoms with E-state index in [0.29, 0.717) is 6.54 Å². The Morgan fingerprint density at radius 3 is 2.45 bits per heavy atom. The van der Waals surface area contributed by atoms with E-state index in [2.05, 4.69) is 10.6 Å². The molecule has 0 aliphatic carbocycles. The van der Waals surface area contributed by atoms with Gasteiger partial charge in [0.1, 0.15) is 6.04 Å². The maximum Gasteiger partial charge on any atom is 0.329 e. The van der Waals surface area contributed by atoms with Gasteiger partial charge in [0.15, 0.2) is 11.9 Å². The molecule has 0 saturated heterocycles. The lowest BCUT2D eigenvalue weighted by molar-refractivity contribution is -0.157. The topological polar surface area (TPSA) is 97.6 Å². The van der Waals surface area contributed by atoms with E-state index >= 15 is 0 Å². The van der Waals surface area contributed by atoms with Crippen LogP contribution in [0.25, 0.3) is 0 Å². The van der Waals surface area contributed by atoms with Gasteiger partial charge in [-0.15, -0.1) is 0 Å². The second kappa shape index (κ2) is 8.21. The Balaban J connectivity index is 2.68. The summed E-state index contributed by atoms with van der Waals surface area (Å²) in [6.45, 7) is 7.24. The van der Waals surface area contributed by atoms with Crippen LogP contribution in [-0.4, -0.2) is 36.5 Å². The van der Waals surface area contributed by atoms with Crippen LogP contribution < -0.4 is 10.6 Å². The zero-order chi connectivity index (χ0) is 16.7. The summed E-state index contributed by atoms with van der Waals surface area (Å²) >= 11 is 0. The number of carbonyl (C=O) groups is 3. The Morgan fingerprint density at radius 1 is 1.27 bits per heavy atom. The predicted octanol–water partition coefficient (Wildman–Crippen LogP) is 1.10. The van der Waals surface area contributed by atoms with Crippen molar-refractivity contribution in [2.75, 3.05) is 6.54 Å². The normalized spacial score (nSPS) is 13.3. The molecular formula is C15H22N2O5. The van der Waals surface area contributed by atoms with E-state index in [9.17, 15) is 14.4 Å². The Hall–Kier alpha value is -2.31. The molecule has 22 heavy (non-hydrogen) atoms. The fourth-order valence-corrected chi connectivity index (χ4v) is 1.74. The van der Waals surface area contributed by atoms with Crippen LogP contribution >= 0.6 is 0 Å². The van der Waals surface area contributed by atoms with Crippen molar-refractivity contribution in [3.63, 3.8) is 0 Å². The van der Waals surface area contributed by atoms with E-state index in [1.807, 2.05) is 0 Å². The average Bonchev–Trinajstić information content (AvgIpc) is 2.98. The summed E-state index contributed by atoms with van der Waals surface area (Å²) < 4.78 is 10.1. The van der Waals surface area contributed by atoms with Crippen LogP contribution in [0.4, 0.5) is 0 Å². The number of likely N-dealkylation sites (N-methyl/N-ethyl adjacent to an activating group) is 1. The summed E-state index contributed by atoms with van der Waals surface area (Å²) in [6.07, 6.45) is 0.448. The van der Waals surface area contributed by atoms with Crippen LogP contribution in [0.1, 0.15) is 38.2 Å². The van der Waals surface area contributed by atoms with Crippen molar-refractivity contribution in [2.24, 2.45) is 5.92 Å². The van der Waals surface area contributed by atoms with Crippen molar-refractivity contribution in [3.05, 3.63) is 24.2 Å². The van der Waals surface area contributed by atoms with E-state index in [0.717, 1.165) is 0 Å². The molecule has 0 unspecified atom stereocenters. The van der Waals surface area contributed by atoms with Crippen LogP contribution in [0.2, 0.25) is 0 Å². The number of amides is 2. The third-order valence-corrected chi connectivity index (χ3v) is 2.97. The van der Waals surface area contributed by atoms with Gasteiger partial charge < -0.3 is 19.8 Å². The van der Waals surface area contributed by atoms with Gasteiger partial charge in [0, 0.05) is 6.54 Å². The lowest BCUT2D eigenvalue weighted by Crippen LogP contribution is -2.47. The van der Waals surface area contributed by atoms with Crippen LogP contribution in [0.5, 0.6) is 0 Å². The van der Waals surface area contributed by atoms with Crippen molar-refractivity contribution in [1.82, 2.24) is 10.6 Å². The highest BCUT2D eigenvalue weighted by Crippen LogP contribution is 2.08. The van der Waals surface area contributed by atoms with E-state index in [1.165, 1.54) is 19.3 Å². The van der Waals surface area contributed by atoms with Crippen LogP contribution in [0.3, 0.4) is 0 Å². The van der Waals surface area contributed by atoms with Crippen molar-refractivity contribution in [1.29, 1.82) is 0 Å². The number of furan rings is 1. The molecule has 1 heterocycles. The first-order chi connectivity index (χ1) is 10.4. The monoisotopic (exact) mass is 310 g/mol. The average molecular weight is 310 g/mol. The number of carbonyl (C=O) groups excluding carboxylic acids is 3. The first kappa shape index (κ1) is 17.7. The maximum atomic E-state index is 12.2. The molecule has 2 N–H and O–H groups in total. The van der Waals surface area contributed by atoms with Crippen LogP contribution in [0.15, 0.2) is 22.8 Å². The summed E-state index contributed by atoms with van der Waals surface area (Å²) in [7, 11) is 0. The molecule has 0 bridgehead atoms. The third kappa shape index (κ3) is 4.91. The third-order valence-electron chi connectivity index (χ3n) is 2.97. The summed E-state index contributed by atoms with van der Waals surface area (Å²) in [5, 5.41) is 5.12. The Bertz CT molecular complexity index is 510. The first-order valence-corrected chi connectivity index (χ1v) is 7.19. The Kier molecular flexibility index (Phi) is 6.62. The van der Waals surface area contributed by atoms with Gasteiger partial charge in [-0.2, -0.15) is 0 Å². The van der Waals surface area contributed by atoms with Gasteiger partial charge in [-0.3, -0.25) is 9.59 Å². The van der Waals surface area contributed by atoms with Gasteiger partial charge in [0.25, 0.3) is 11.8 Å². The number of ether oxygens (including phenoxy) is 1. The molecule has 122 valence electrons. The standard InChI is InChI=1S/C15H22N2O5/c1-5-16-13(18)10(4)22-15(20)12(9(2)3)17-14(19)11-7-6-8-21-11/h6-10,12H,5H2,1-4H3,(H,16,18)(H,17,19)/t10-,12-/m0/s1. The number of esters is 1.